The molecule has 92 valence electrons. The van der Waals surface area contributed by atoms with Crippen LogP contribution in [0.4, 0.5) is 0 Å². The number of hydrogen-bond acceptors (Lipinski definition) is 6. The molecule has 18 heavy (non-hydrogen) atoms. The number of aromatic nitrogens is 1. The lowest BCUT2D eigenvalue weighted by atomic mass is 10.3. The number of nitrogens with one attached hydrogen (secondary N) is 1. The maximum atomic E-state index is 11.2. The Hall–Kier alpha value is -1.98. The number of rotatable bonds is 3. The molecule has 1 amide bonds. The largest absolute Gasteiger partial charge is 0.506 e. The number of aromatic amines is 1. The standard InChI is InChI=1S/C10H7N3O3S2/c11-2-4-8-9(5(14)1-7(16)13-8)18-10(4)17-3-6(12)15/h1H,3H2,(H2,12,15)(H2,13,14,16). The Bertz CT molecular complexity index is 726. The molecule has 2 heterocycles. The summed E-state index contributed by atoms with van der Waals surface area (Å²) in [6.07, 6.45) is 0. The summed E-state index contributed by atoms with van der Waals surface area (Å²) in [6, 6.07) is 3.00. The van der Waals surface area contributed by atoms with Gasteiger partial charge in [0, 0.05) is 6.07 Å². The van der Waals surface area contributed by atoms with Gasteiger partial charge in [-0.3, -0.25) is 9.59 Å². The van der Waals surface area contributed by atoms with Crippen molar-refractivity contribution in [3.05, 3.63) is 22.0 Å². The minimum Gasteiger partial charge on any atom is -0.506 e. The molecule has 2 aromatic rings. The number of thiophene rings is 1. The van der Waals surface area contributed by atoms with Gasteiger partial charge in [-0.2, -0.15) is 5.26 Å². The SMILES string of the molecule is N#Cc1c(SCC(N)=O)sc2c(O)cc(=O)[nH]c12. The molecule has 8 heteroatoms. The second kappa shape index (κ2) is 4.72. The van der Waals surface area contributed by atoms with Crippen LogP contribution in [-0.2, 0) is 4.79 Å². The first-order valence-electron chi connectivity index (χ1n) is 4.73. The number of thioether (sulfide) groups is 1. The zero-order valence-corrected chi connectivity index (χ0v) is 10.5. The van der Waals surface area contributed by atoms with E-state index in [0.29, 0.717) is 14.4 Å². The van der Waals surface area contributed by atoms with Crippen LogP contribution in [0.5, 0.6) is 5.75 Å². The van der Waals surface area contributed by atoms with Gasteiger partial charge in [0.15, 0.2) is 0 Å². The van der Waals surface area contributed by atoms with Crippen LogP contribution in [0.1, 0.15) is 5.56 Å². The fourth-order valence-corrected chi connectivity index (χ4v) is 3.48. The molecular weight excluding hydrogens is 274 g/mol. The Morgan fingerprint density at radius 1 is 1.67 bits per heavy atom. The molecule has 0 atom stereocenters. The van der Waals surface area contributed by atoms with E-state index >= 15 is 0 Å². The van der Waals surface area contributed by atoms with Crippen LogP contribution in [0.25, 0.3) is 10.2 Å². The Morgan fingerprint density at radius 3 is 3.00 bits per heavy atom. The van der Waals surface area contributed by atoms with Crippen LogP contribution >= 0.6 is 23.1 Å². The van der Waals surface area contributed by atoms with Gasteiger partial charge in [-0.1, -0.05) is 0 Å². The molecule has 0 bridgehead atoms. The third-order valence-corrected chi connectivity index (χ3v) is 4.59. The molecule has 0 aromatic carbocycles. The number of primary amides is 1. The number of amides is 1. The average molecular weight is 281 g/mol. The summed E-state index contributed by atoms with van der Waals surface area (Å²) in [5, 5.41) is 18.7. The van der Waals surface area contributed by atoms with Crippen molar-refractivity contribution in [1.29, 1.82) is 5.26 Å². The number of carbonyl (C=O) groups excluding carboxylic acids is 1. The fourth-order valence-electron chi connectivity index (χ4n) is 1.40. The van der Waals surface area contributed by atoms with Gasteiger partial charge in [-0.05, 0) is 0 Å². The number of nitriles is 1. The van der Waals surface area contributed by atoms with E-state index in [0.717, 1.165) is 29.2 Å². The van der Waals surface area contributed by atoms with Crippen molar-refractivity contribution in [1.82, 2.24) is 4.98 Å². The van der Waals surface area contributed by atoms with Crippen molar-refractivity contribution < 1.29 is 9.90 Å². The molecule has 0 fully saturated rings. The Balaban J connectivity index is 2.62. The van der Waals surface area contributed by atoms with E-state index in [2.05, 4.69) is 4.98 Å². The molecule has 2 rings (SSSR count). The summed E-state index contributed by atoms with van der Waals surface area (Å²) >= 11 is 2.25. The Kier molecular flexibility index (Phi) is 3.27. The van der Waals surface area contributed by atoms with Crippen LogP contribution in [0.2, 0.25) is 0 Å². The monoisotopic (exact) mass is 281 g/mol. The first-order chi connectivity index (χ1) is 8.52. The van der Waals surface area contributed by atoms with E-state index in [1.54, 1.807) is 0 Å². The van der Waals surface area contributed by atoms with Crippen molar-refractivity contribution in [2.45, 2.75) is 4.21 Å². The molecular formula is C10H7N3O3S2. The van der Waals surface area contributed by atoms with Gasteiger partial charge in [0.1, 0.15) is 17.4 Å². The minimum absolute atomic E-state index is 0.0342. The highest BCUT2D eigenvalue weighted by Gasteiger charge is 2.16. The van der Waals surface area contributed by atoms with E-state index in [1.807, 2.05) is 6.07 Å². The van der Waals surface area contributed by atoms with Crippen molar-refractivity contribution in [2.24, 2.45) is 5.73 Å². The summed E-state index contributed by atoms with van der Waals surface area (Å²) in [7, 11) is 0. The Morgan fingerprint density at radius 2 is 2.39 bits per heavy atom. The van der Waals surface area contributed by atoms with Gasteiger partial charge in [0.2, 0.25) is 5.91 Å². The van der Waals surface area contributed by atoms with E-state index in [1.165, 1.54) is 0 Å². The lowest BCUT2D eigenvalue weighted by molar-refractivity contribution is -0.115. The van der Waals surface area contributed by atoms with Crippen LogP contribution < -0.4 is 11.3 Å². The third-order valence-electron chi connectivity index (χ3n) is 2.08. The molecule has 2 aromatic heterocycles. The summed E-state index contributed by atoms with van der Waals surface area (Å²) in [5.74, 6) is -0.646. The number of carbonyl (C=O) groups is 1. The first-order valence-corrected chi connectivity index (χ1v) is 6.53. The van der Waals surface area contributed by atoms with Gasteiger partial charge in [-0.25, -0.2) is 0 Å². The van der Waals surface area contributed by atoms with Crippen molar-refractivity contribution in [2.75, 3.05) is 5.75 Å². The van der Waals surface area contributed by atoms with Crippen LogP contribution in [-0.4, -0.2) is 21.8 Å². The number of hydrogen-bond donors (Lipinski definition) is 3. The van der Waals surface area contributed by atoms with Crippen molar-refractivity contribution in [3.63, 3.8) is 0 Å². The van der Waals surface area contributed by atoms with Gasteiger partial charge in [0.05, 0.1) is 20.2 Å². The number of nitrogens with two attached hydrogens (primary N) is 1. The summed E-state index contributed by atoms with van der Waals surface area (Å²) < 4.78 is 0.960. The van der Waals surface area contributed by atoms with Gasteiger partial charge in [0.25, 0.3) is 5.56 Å². The predicted molar refractivity (Wildman–Crippen MR) is 68.7 cm³/mol. The molecule has 0 aliphatic carbocycles. The van der Waals surface area contributed by atoms with Crippen LogP contribution in [0, 0.1) is 11.3 Å². The van der Waals surface area contributed by atoms with Crippen molar-refractivity contribution in [3.8, 4) is 11.8 Å². The normalized spacial score (nSPS) is 10.4. The summed E-state index contributed by atoms with van der Waals surface area (Å²) in [6.45, 7) is 0. The number of aromatic hydroxyl groups is 1. The smallest absolute Gasteiger partial charge is 0.252 e. The molecule has 4 N–H and O–H groups in total. The second-order valence-electron chi connectivity index (χ2n) is 3.35. The molecule has 0 saturated carbocycles. The lowest BCUT2D eigenvalue weighted by Gasteiger charge is -1.94. The molecule has 0 unspecified atom stereocenters. The average Bonchev–Trinajstić information content (AvgIpc) is 2.64. The van der Waals surface area contributed by atoms with E-state index < -0.39 is 11.5 Å². The molecule has 6 nitrogen and oxygen atoms in total. The highest BCUT2D eigenvalue weighted by atomic mass is 32.2. The molecule has 0 radical (unpaired) electrons. The highest BCUT2D eigenvalue weighted by Crippen LogP contribution is 2.39. The predicted octanol–water partition coefficient (Wildman–Crippen LogP) is 0.744. The highest BCUT2D eigenvalue weighted by molar-refractivity contribution is 8.02. The molecule has 0 spiro atoms. The van der Waals surface area contributed by atoms with Crippen molar-refractivity contribution >= 4 is 39.2 Å². The third kappa shape index (κ3) is 2.18. The van der Waals surface area contributed by atoms with Gasteiger partial charge in [-0.15, -0.1) is 23.1 Å². The van der Waals surface area contributed by atoms with E-state index in [9.17, 15) is 14.7 Å². The quantitative estimate of drug-likeness (QED) is 0.717. The molecule has 0 aliphatic rings. The number of H-pyrrole nitrogens is 1. The lowest BCUT2D eigenvalue weighted by Crippen LogP contribution is -2.12. The zero-order chi connectivity index (χ0) is 13.3. The summed E-state index contributed by atoms with van der Waals surface area (Å²) in [5.41, 5.74) is 5.09. The second-order valence-corrected chi connectivity index (χ2v) is 5.62. The zero-order valence-electron chi connectivity index (χ0n) is 8.89. The number of fused-ring (bicyclic) bond motifs is 1. The van der Waals surface area contributed by atoms with Gasteiger partial charge < -0.3 is 15.8 Å². The first kappa shape index (κ1) is 12.5. The fraction of sp³-hybridized carbons (Fsp3) is 0.100. The molecule has 0 aliphatic heterocycles. The number of nitrogens with zero attached hydrogens (tertiary/aromatic N) is 1. The molecule has 0 saturated heterocycles. The number of pyridine rings is 1. The summed E-state index contributed by atoms with van der Waals surface area (Å²) in [4.78, 5) is 24.5. The van der Waals surface area contributed by atoms with Crippen LogP contribution in [0.15, 0.2) is 15.1 Å². The Labute approximate surface area is 109 Å². The maximum Gasteiger partial charge on any atom is 0.252 e. The van der Waals surface area contributed by atoms with Gasteiger partial charge >= 0.3 is 0 Å². The minimum atomic E-state index is -0.501. The topological polar surface area (TPSA) is 120 Å². The van der Waals surface area contributed by atoms with E-state index in [-0.39, 0.29) is 17.1 Å². The maximum absolute atomic E-state index is 11.2. The van der Waals surface area contributed by atoms with E-state index in [4.69, 9.17) is 11.0 Å². The van der Waals surface area contributed by atoms with Crippen LogP contribution in [0.3, 0.4) is 0 Å².